The number of halogens is 1. The molecule has 0 radical (unpaired) electrons. The summed E-state index contributed by atoms with van der Waals surface area (Å²) in [4.78, 5) is 25.1. The Morgan fingerprint density at radius 3 is 2.76 bits per heavy atom. The monoisotopic (exact) mass is 468 g/mol. The summed E-state index contributed by atoms with van der Waals surface area (Å²) in [5.41, 5.74) is 2.27. The average molecular weight is 469 g/mol. The Kier molecular flexibility index (Phi) is 5.01. The molecule has 2 atom stereocenters. The summed E-state index contributed by atoms with van der Waals surface area (Å²) in [6.45, 7) is 5.00. The number of rotatable bonds is 5. The fourth-order valence-electron chi connectivity index (χ4n) is 4.81. The molecule has 0 amide bonds. The van der Waals surface area contributed by atoms with E-state index in [0.717, 1.165) is 43.4 Å². The topological polar surface area (TPSA) is 102 Å². The Morgan fingerprint density at radius 1 is 1.21 bits per heavy atom. The third-order valence-corrected chi connectivity index (χ3v) is 7.22. The number of piperidine rings is 1. The zero-order valence-corrected chi connectivity index (χ0v) is 19.1. The average Bonchev–Trinajstić information content (AvgIpc) is 3.18. The molecule has 1 aliphatic heterocycles. The normalized spacial score (nSPS) is 21.9. The largest absolute Gasteiger partial charge is 0.393 e. The van der Waals surface area contributed by atoms with Crippen molar-refractivity contribution in [1.82, 2.24) is 29.0 Å². The predicted octanol–water partition coefficient (Wildman–Crippen LogP) is 2.93. The molecule has 1 aromatic carbocycles. The van der Waals surface area contributed by atoms with E-state index in [2.05, 4.69) is 26.9 Å². The van der Waals surface area contributed by atoms with E-state index in [4.69, 9.17) is 16.1 Å². The van der Waals surface area contributed by atoms with Gasteiger partial charge in [-0.1, -0.05) is 23.7 Å². The molecule has 4 aromatic rings. The lowest BCUT2D eigenvalue weighted by Crippen LogP contribution is -2.39. The van der Waals surface area contributed by atoms with Gasteiger partial charge in [0.15, 0.2) is 0 Å². The molecule has 1 saturated carbocycles. The van der Waals surface area contributed by atoms with Gasteiger partial charge in [-0.05, 0) is 43.4 Å². The van der Waals surface area contributed by atoms with Crippen molar-refractivity contribution >= 4 is 28.2 Å². The van der Waals surface area contributed by atoms with Crippen LogP contribution in [0.1, 0.15) is 38.0 Å². The first-order valence-corrected chi connectivity index (χ1v) is 11.8. The van der Waals surface area contributed by atoms with Crippen LogP contribution >= 0.6 is 11.6 Å². The van der Waals surface area contributed by atoms with Crippen molar-refractivity contribution in [2.24, 2.45) is 5.92 Å². The molecule has 0 bridgehead atoms. The summed E-state index contributed by atoms with van der Waals surface area (Å²) in [5, 5.41) is 14.5. The van der Waals surface area contributed by atoms with Crippen LogP contribution in [0, 0.1) is 5.92 Å². The number of aromatic nitrogens is 5. The summed E-state index contributed by atoms with van der Waals surface area (Å²) in [6.07, 6.45) is 3.96. The molecule has 6 rings (SSSR count). The van der Waals surface area contributed by atoms with Crippen molar-refractivity contribution in [2.45, 2.75) is 44.8 Å². The molecule has 172 valence electrons. The van der Waals surface area contributed by atoms with E-state index in [0.29, 0.717) is 52.9 Å². The van der Waals surface area contributed by atoms with E-state index in [1.165, 1.54) is 0 Å². The van der Waals surface area contributed by atoms with Crippen LogP contribution < -0.4 is 5.56 Å². The van der Waals surface area contributed by atoms with Crippen molar-refractivity contribution < 1.29 is 9.63 Å². The van der Waals surface area contributed by atoms with Crippen molar-refractivity contribution in [3.05, 3.63) is 45.8 Å². The van der Waals surface area contributed by atoms with Gasteiger partial charge in [0.1, 0.15) is 17.5 Å². The standard InChI is InChI=1S/C23H25ClN6O3/c1-13-10-16(13)22-26-21(27-33-22)19-20-23(32)29(9-8-28-6-4-15(31)5-7-28)18-11-14(24)2-3-17(18)30(20)12-25-19/h2-3,11-13,15-16,31H,4-10H2,1H3. The van der Waals surface area contributed by atoms with Crippen LogP contribution in [0.3, 0.4) is 0 Å². The van der Waals surface area contributed by atoms with Crippen LogP contribution in [-0.2, 0) is 6.54 Å². The van der Waals surface area contributed by atoms with E-state index < -0.39 is 0 Å². The van der Waals surface area contributed by atoms with E-state index in [-0.39, 0.29) is 11.7 Å². The van der Waals surface area contributed by atoms with Gasteiger partial charge in [-0.2, -0.15) is 4.98 Å². The van der Waals surface area contributed by atoms with Gasteiger partial charge < -0.3 is 19.1 Å². The van der Waals surface area contributed by atoms with Crippen molar-refractivity contribution in [3.63, 3.8) is 0 Å². The maximum atomic E-state index is 13.8. The van der Waals surface area contributed by atoms with Crippen LogP contribution in [0.25, 0.3) is 28.1 Å². The Bertz CT molecular complexity index is 1400. The number of aliphatic hydroxyl groups is 1. The van der Waals surface area contributed by atoms with E-state index in [1.54, 1.807) is 15.3 Å². The molecular formula is C23H25ClN6O3. The maximum Gasteiger partial charge on any atom is 0.277 e. The second-order valence-electron chi connectivity index (χ2n) is 9.25. The Hall–Kier alpha value is -2.75. The summed E-state index contributed by atoms with van der Waals surface area (Å²) in [5.74, 6) is 1.79. The zero-order valence-electron chi connectivity index (χ0n) is 18.3. The fraction of sp³-hybridized carbons (Fsp3) is 0.478. The second-order valence-corrected chi connectivity index (χ2v) is 9.69. The summed E-state index contributed by atoms with van der Waals surface area (Å²) >= 11 is 6.30. The number of nitrogens with zero attached hydrogens (tertiary/aromatic N) is 6. The van der Waals surface area contributed by atoms with Crippen LogP contribution in [0.2, 0.25) is 5.02 Å². The number of likely N-dealkylation sites (tertiary alicyclic amines) is 1. The number of hydrogen-bond acceptors (Lipinski definition) is 7. The molecule has 1 N–H and O–H groups in total. The van der Waals surface area contributed by atoms with Crippen LogP contribution in [0.15, 0.2) is 33.8 Å². The molecular weight excluding hydrogens is 444 g/mol. The van der Waals surface area contributed by atoms with Gasteiger partial charge in [-0.15, -0.1) is 0 Å². The number of aliphatic hydroxyl groups excluding tert-OH is 1. The quantitative estimate of drug-likeness (QED) is 0.480. The van der Waals surface area contributed by atoms with Gasteiger partial charge in [0.25, 0.3) is 5.56 Å². The minimum absolute atomic E-state index is 0.166. The molecule has 4 heterocycles. The summed E-state index contributed by atoms with van der Waals surface area (Å²) in [7, 11) is 0. The lowest BCUT2D eigenvalue weighted by Gasteiger charge is -2.29. The lowest BCUT2D eigenvalue weighted by molar-refractivity contribution is 0.0810. The zero-order chi connectivity index (χ0) is 22.7. The molecule has 0 spiro atoms. The van der Waals surface area contributed by atoms with Crippen molar-refractivity contribution in [2.75, 3.05) is 19.6 Å². The Labute approximate surface area is 194 Å². The van der Waals surface area contributed by atoms with Gasteiger partial charge >= 0.3 is 0 Å². The summed E-state index contributed by atoms with van der Waals surface area (Å²) in [6, 6.07) is 5.53. The molecule has 2 fully saturated rings. The van der Waals surface area contributed by atoms with Gasteiger partial charge in [0.05, 0.1) is 17.1 Å². The highest BCUT2D eigenvalue weighted by atomic mass is 35.5. The van der Waals surface area contributed by atoms with Gasteiger partial charge in [-0.25, -0.2) is 4.98 Å². The van der Waals surface area contributed by atoms with Gasteiger partial charge in [0.2, 0.25) is 11.7 Å². The number of hydrogen-bond donors (Lipinski definition) is 1. The van der Waals surface area contributed by atoms with Gasteiger partial charge in [-0.3, -0.25) is 9.20 Å². The highest BCUT2D eigenvalue weighted by Gasteiger charge is 2.39. The number of benzene rings is 1. The molecule has 1 saturated heterocycles. The van der Waals surface area contributed by atoms with Crippen molar-refractivity contribution in [1.29, 1.82) is 0 Å². The Balaban J connectivity index is 1.44. The van der Waals surface area contributed by atoms with E-state index in [9.17, 15) is 9.90 Å². The fourth-order valence-corrected chi connectivity index (χ4v) is 4.97. The first-order chi connectivity index (χ1) is 16.0. The molecule has 10 heteroatoms. The molecule has 33 heavy (non-hydrogen) atoms. The third kappa shape index (κ3) is 3.64. The first-order valence-electron chi connectivity index (χ1n) is 11.4. The highest BCUT2D eigenvalue weighted by Crippen LogP contribution is 2.46. The summed E-state index contributed by atoms with van der Waals surface area (Å²) < 4.78 is 9.02. The molecule has 3 aromatic heterocycles. The van der Waals surface area contributed by atoms with Crippen LogP contribution in [0.4, 0.5) is 0 Å². The van der Waals surface area contributed by atoms with Crippen molar-refractivity contribution in [3.8, 4) is 11.5 Å². The Morgan fingerprint density at radius 2 is 2.00 bits per heavy atom. The first kappa shape index (κ1) is 20.8. The molecule has 9 nitrogen and oxygen atoms in total. The van der Waals surface area contributed by atoms with Crippen LogP contribution in [0.5, 0.6) is 0 Å². The minimum Gasteiger partial charge on any atom is -0.393 e. The smallest absolute Gasteiger partial charge is 0.277 e. The van der Waals surface area contributed by atoms with Gasteiger partial charge in [0, 0.05) is 37.1 Å². The molecule has 1 aliphatic carbocycles. The highest BCUT2D eigenvalue weighted by molar-refractivity contribution is 6.31. The third-order valence-electron chi connectivity index (χ3n) is 6.98. The SMILES string of the molecule is CC1CC1c1nc(-c2ncn3c2c(=O)n(CCN2CCC(O)CC2)c2cc(Cl)ccc23)no1. The minimum atomic E-state index is -0.229. The maximum absolute atomic E-state index is 13.8. The number of imidazole rings is 1. The second kappa shape index (κ2) is 7.93. The lowest BCUT2D eigenvalue weighted by atomic mass is 10.1. The number of fused-ring (bicyclic) bond motifs is 3. The molecule has 2 unspecified atom stereocenters. The van der Waals surface area contributed by atoms with E-state index >= 15 is 0 Å². The van der Waals surface area contributed by atoms with Crippen LogP contribution in [-0.4, -0.2) is 59.8 Å². The molecule has 2 aliphatic rings. The predicted molar refractivity (Wildman–Crippen MR) is 123 cm³/mol. The van der Waals surface area contributed by atoms with E-state index in [1.807, 2.05) is 18.2 Å².